The molecule has 294 valence electrons. The van der Waals surface area contributed by atoms with Crippen molar-refractivity contribution in [1.29, 1.82) is 0 Å². The number of anilines is 2. The minimum absolute atomic E-state index is 0.0204. The molecule has 7 heterocycles. The molecule has 17 heteroatoms. The number of aromatic nitrogens is 3. The normalized spacial score (nSPS) is 23.4. The van der Waals surface area contributed by atoms with E-state index in [1.54, 1.807) is 18.3 Å². The third-order valence-electron chi connectivity index (χ3n) is 11.7. The number of likely N-dealkylation sites (tertiary alicyclic amines) is 1. The highest BCUT2D eigenvalue weighted by Gasteiger charge is 2.45. The van der Waals surface area contributed by atoms with Gasteiger partial charge in [-0.05, 0) is 93.7 Å². The van der Waals surface area contributed by atoms with Gasteiger partial charge in [-0.15, -0.1) is 0 Å². The Morgan fingerprint density at radius 2 is 1.75 bits per heavy atom. The molecule has 5 aliphatic heterocycles. The summed E-state index contributed by atoms with van der Waals surface area (Å²) in [7, 11) is 0. The molecule has 16 nitrogen and oxygen atoms in total. The van der Waals surface area contributed by atoms with E-state index >= 15 is 0 Å². The molecule has 5 aliphatic rings. The highest BCUT2D eigenvalue weighted by molar-refractivity contribution is 7.05. The number of nitrogens with one attached hydrogen (secondary N) is 2. The number of primary amides is 1. The van der Waals surface area contributed by atoms with E-state index in [0.29, 0.717) is 36.0 Å². The summed E-state index contributed by atoms with van der Waals surface area (Å²) in [6.45, 7) is 7.46. The van der Waals surface area contributed by atoms with Crippen molar-refractivity contribution in [1.82, 2.24) is 34.8 Å². The van der Waals surface area contributed by atoms with Crippen LogP contribution in [0, 0.1) is 18.8 Å². The Balaban J connectivity index is 0.808. The maximum Gasteiger partial charge on any atom is 0.269 e. The van der Waals surface area contributed by atoms with E-state index in [4.69, 9.17) is 10.7 Å². The van der Waals surface area contributed by atoms with Crippen LogP contribution in [0.5, 0.6) is 0 Å². The number of fused-ring (bicyclic) bond motifs is 1. The van der Waals surface area contributed by atoms with Gasteiger partial charge in [0.25, 0.3) is 17.7 Å². The molecule has 56 heavy (non-hydrogen) atoms. The number of piperidine rings is 3. The standard InChI is InChI=1S/C39H46N10O6S/c1-22-15-27(56-45-22)17-30-34(35(40)51)41-18-32(43-30)48-11-2-3-25(21-48)42-36(52)24-10-12-46(20-24)19-23-8-13-47(14-9-23)26-4-5-28-29(16-26)39(55)49(38(28)54)31-6-7-33(50)44-37(31)53/h4-5,15-16,18,23-25,31H,2-3,6-14,17,19-21H2,1H3,(H2,40,51)(H,42,52)(H,44,50,53)/t24?,25-,31?/m1/s1. The molecule has 4 N–H and O–H groups in total. The van der Waals surface area contributed by atoms with Crippen molar-refractivity contribution in [3.05, 3.63) is 63.5 Å². The van der Waals surface area contributed by atoms with Crippen LogP contribution in [0.15, 0.2) is 30.5 Å². The first-order valence-electron chi connectivity index (χ1n) is 19.5. The van der Waals surface area contributed by atoms with Crippen molar-refractivity contribution >= 4 is 58.5 Å². The van der Waals surface area contributed by atoms with E-state index in [0.717, 1.165) is 92.5 Å². The molecule has 0 aliphatic carbocycles. The summed E-state index contributed by atoms with van der Waals surface area (Å²) >= 11 is 1.37. The van der Waals surface area contributed by atoms with Crippen LogP contribution in [0.3, 0.4) is 0 Å². The zero-order chi connectivity index (χ0) is 39.1. The molecule has 4 fully saturated rings. The molecule has 2 unspecified atom stereocenters. The number of hydrogen-bond acceptors (Lipinski definition) is 13. The van der Waals surface area contributed by atoms with Gasteiger partial charge in [-0.2, -0.15) is 4.37 Å². The van der Waals surface area contributed by atoms with E-state index in [1.807, 2.05) is 19.1 Å². The number of carbonyl (C=O) groups excluding carboxylic acids is 6. The second-order valence-electron chi connectivity index (χ2n) is 15.6. The lowest BCUT2D eigenvalue weighted by atomic mass is 9.95. The first-order chi connectivity index (χ1) is 27.0. The number of rotatable bonds is 10. The second-order valence-corrected chi connectivity index (χ2v) is 16.5. The predicted octanol–water partition coefficient (Wildman–Crippen LogP) is 1.66. The number of nitrogens with zero attached hydrogens (tertiary/aromatic N) is 7. The lowest BCUT2D eigenvalue weighted by Crippen LogP contribution is -2.54. The summed E-state index contributed by atoms with van der Waals surface area (Å²) < 4.78 is 4.33. The van der Waals surface area contributed by atoms with Crippen LogP contribution in [0.2, 0.25) is 0 Å². The number of aryl methyl sites for hydroxylation is 1. The summed E-state index contributed by atoms with van der Waals surface area (Å²) in [6.07, 6.45) is 6.75. The van der Waals surface area contributed by atoms with Gasteiger partial charge in [0, 0.05) is 68.7 Å². The zero-order valence-electron chi connectivity index (χ0n) is 31.4. The largest absolute Gasteiger partial charge is 0.371 e. The van der Waals surface area contributed by atoms with Crippen molar-refractivity contribution in [3.63, 3.8) is 0 Å². The van der Waals surface area contributed by atoms with Gasteiger partial charge in [-0.1, -0.05) is 0 Å². The van der Waals surface area contributed by atoms with Gasteiger partial charge in [0.1, 0.15) is 17.6 Å². The predicted molar refractivity (Wildman–Crippen MR) is 206 cm³/mol. The summed E-state index contributed by atoms with van der Waals surface area (Å²) in [5, 5.41) is 5.56. The average molecular weight is 783 g/mol. The third kappa shape index (κ3) is 7.74. The second kappa shape index (κ2) is 15.7. The van der Waals surface area contributed by atoms with Gasteiger partial charge in [0.2, 0.25) is 17.7 Å². The van der Waals surface area contributed by atoms with Gasteiger partial charge in [-0.25, -0.2) is 9.97 Å². The molecule has 0 radical (unpaired) electrons. The van der Waals surface area contributed by atoms with Crippen molar-refractivity contribution < 1.29 is 28.8 Å². The van der Waals surface area contributed by atoms with Crippen LogP contribution in [-0.4, -0.2) is 117 Å². The van der Waals surface area contributed by atoms with Crippen LogP contribution in [0.25, 0.3) is 0 Å². The molecule has 4 saturated heterocycles. The van der Waals surface area contributed by atoms with Gasteiger partial charge < -0.3 is 25.8 Å². The Kier molecular flexibility index (Phi) is 10.5. The number of nitrogens with two attached hydrogens (primary N) is 1. The number of benzene rings is 1. The van der Waals surface area contributed by atoms with E-state index < -0.39 is 35.6 Å². The fourth-order valence-corrected chi connectivity index (χ4v) is 9.53. The molecule has 0 spiro atoms. The minimum Gasteiger partial charge on any atom is -0.371 e. The number of amides is 6. The van der Waals surface area contributed by atoms with Crippen molar-refractivity contribution in [3.8, 4) is 0 Å². The topological polar surface area (TPSA) is 204 Å². The van der Waals surface area contributed by atoms with Gasteiger partial charge in [-0.3, -0.25) is 39.0 Å². The van der Waals surface area contributed by atoms with Crippen LogP contribution in [-0.2, 0) is 20.8 Å². The van der Waals surface area contributed by atoms with E-state index in [-0.39, 0.29) is 42.0 Å². The quantitative estimate of drug-likeness (QED) is 0.252. The Labute approximate surface area is 328 Å². The molecule has 8 rings (SSSR count). The first-order valence-corrected chi connectivity index (χ1v) is 20.2. The smallest absolute Gasteiger partial charge is 0.269 e. The molecule has 0 saturated carbocycles. The van der Waals surface area contributed by atoms with E-state index in [9.17, 15) is 28.8 Å². The monoisotopic (exact) mass is 782 g/mol. The Hall–Kier alpha value is -5.29. The van der Waals surface area contributed by atoms with Gasteiger partial charge in [0.05, 0.1) is 34.6 Å². The van der Waals surface area contributed by atoms with E-state index in [1.165, 1.54) is 11.5 Å². The molecule has 3 aromatic rings. The van der Waals surface area contributed by atoms with Crippen LogP contribution < -0.4 is 26.2 Å². The average Bonchev–Trinajstić information content (AvgIpc) is 3.89. The van der Waals surface area contributed by atoms with Crippen molar-refractivity contribution in [2.45, 2.75) is 70.4 Å². The molecule has 1 aromatic carbocycles. The Morgan fingerprint density at radius 1 is 0.946 bits per heavy atom. The number of imide groups is 2. The highest BCUT2D eigenvalue weighted by Crippen LogP contribution is 2.33. The maximum absolute atomic E-state index is 13.5. The minimum atomic E-state index is -0.984. The van der Waals surface area contributed by atoms with Crippen molar-refractivity contribution in [2.75, 3.05) is 55.6 Å². The SMILES string of the molecule is Cc1cc(Cc2nc(N3CCC[C@@H](NC(=O)C4CCN(CC5CCN(c6ccc7c(c6)C(=O)N(C6CCC(=O)NC6=O)C7=O)CC5)C4)C3)cnc2C(N)=O)sn1. The van der Waals surface area contributed by atoms with Crippen LogP contribution in [0.4, 0.5) is 11.5 Å². The summed E-state index contributed by atoms with van der Waals surface area (Å²) in [5.41, 5.74) is 8.67. The molecule has 2 aromatic heterocycles. The third-order valence-corrected chi connectivity index (χ3v) is 12.6. The summed E-state index contributed by atoms with van der Waals surface area (Å²) in [4.78, 5) is 94.1. The molecule has 6 amide bonds. The lowest BCUT2D eigenvalue weighted by Gasteiger charge is -2.35. The van der Waals surface area contributed by atoms with Gasteiger partial charge in [0.15, 0.2) is 0 Å². The zero-order valence-corrected chi connectivity index (χ0v) is 32.2. The fourth-order valence-electron chi connectivity index (χ4n) is 8.79. The lowest BCUT2D eigenvalue weighted by molar-refractivity contribution is -0.136. The Morgan fingerprint density at radius 3 is 2.50 bits per heavy atom. The molecule has 0 bridgehead atoms. The first kappa shape index (κ1) is 37.6. The molecular formula is C39H46N10O6S. The van der Waals surface area contributed by atoms with Gasteiger partial charge >= 0.3 is 0 Å². The van der Waals surface area contributed by atoms with Crippen molar-refractivity contribution in [2.24, 2.45) is 17.6 Å². The summed E-state index contributed by atoms with van der Waals surface area (Å²) in [6, 6.07) is 6.26. The Bertz CT molecular complexity index is 2080. The molecular weight excluding hydrogens is 737 g/mol. The van der Waals surface area contributed by atoms with E-state index in [2.05, 4.69) is 34.7 Å². The van der Waals surface area contributed by atoms with Crippen LogP contribution >= 0.6 is 11.5 Å². The fraction of sp³-hybridized carbons (Fsp3) is 0.513. The number of hydrogen-bond donors (Lipinski definition) is 3. The highest BCUT2D eigenvalue weighted by atomic mass is 32.1. The number of carbonyl (C=O) groups is 6. The summed E-state index contributed by atoms with van der Waals surface area (Å²) in [5.74, 6) is -1.46. The maximum atomic E-state index is 13.5. The molecule has 3 atom stereocenters. The van der Waals surface area contributed by atoms with Crippen LogP contribution in [0.1, 0.15) is 92.4 Å².